The SMILES string of the molecule is Cc1ccc(SCc2nnc(-c3ccc(Br)cc3)o2)nc1. The Morgan fingerprint density at radius 1 is 1.10 bits per heavy atom. The minimum Gasteiger partial charge on any atom is -0.420 e. The monoisotopic (exact) mass is 361 g/mol. The number of aromatic nitrogens is 3. The van der Waals surface area contributed by atoms with Gasteiger partial charge in [0.25, 0.3) is 0 Å². The fourth-order valence-corrected chi connectivity index (χ4v) is 2.64. The number of nitrogens with zero attached hydrogens (tertiary/aromatic N) is 3. The number of thioether (sulfide) groups is 1. The van der Waals surface area contributed by atoms with Crippen molar-refractivity contribution < 1.29 is 4.42 Å². The van der Waals surface area contributed by atoms with Gasteiger partial charge >= 0.3 is 0 Å². The first-order chi connectivity index (χ1) is 10.2. The molecule has 0 aliphatic carbocycles. The van der Waals surface area contributed by atoms with E-state index in [1.54, 1.807) is 11.8 Å². The molecular weight excluding hydrogens is 350 g/mol. The van der Waals surface area contributed by atoms with Crippen molar-refractivity contribution in [2.75, 3.05) is 0 Å². The summed E-state index contributed by atoms with van der Waals surface area (Å²) in [5.41, 5.74) is 2.06. The Morgan fingerprint density at radius 3 is 2.62 bits per heavy atom. The van der Waals surface area contributed by atoms with Crippen molar-refractivity contribution >= 4 is 27.7 Å². The molecule has 0 amide bonds. The molecule has 3 rings (SSSR count). The van der Waals surface area contributed by atoms with Gasteiger partial charge in [0, 0.05) is 16.2 Å². The quantitative estimate of drug-likeness (QED) is 0.640. The molecule has 21 heavy (non-hydrogen) atoms. The second kappa shape index (κ2) is 6.41. The molecule has 0 fully saturated rings. The lowest BCUT2D eigenvalue weighted by Gasteiger charge is -1.98. The van der Waals surface area contributed by atoms with Crippen LogP contribution in [-0.4, -0.2) is 15.2 Å². The van der Waals surface area contributed by atoms with Gasteiger partial charge in [-0.3, -0.25) is 0 Å². The molecule has 1 aromatic carbocycles. The van der Waals surface area contributed by atoms with Crippen LogP contribution < -0.4 is 0 Å². The summed E-state index contributed by atoms with van der Waals surface area (Å²) in [7, 11) is 0. The van der Waals surface area contributed by atoms with E-state index < -0.39 is 0 Å². The Labute approximate surface area is 135 Å². The second-order valence-corrected chi connectivity index (χ2v) is 6.38. The highest BCUT2D eigenvalue weighted by Gasteiger charge is 2.09. The highest BCUT2D eigenvalue weighted by Crippen LogP contribution is 2.24. The van der Waals surface area contributed by atoms with Crippen molar-refractivity contribution in [3.05, 3.63) is 58.5 Å². The summed E-state index contributed by atoms with van der Waals surface area (Å²) in [4.78, 5) is 4.34. The van der Waals surface area contributed by atoms with Gasteiger partial charge in [-0.1, -0.05) is 33.8 Å². The van der Waals surface area contributed by atoms with Gasteiger partial charge in [0.1, 0.15) is 0 Å². The molecule has 0 atom stereocenters. The summed E-state index contributed by atoms with van der Waals surface area (Å²) in [6.45, 7) is 2.02. The van der Waals surface area contributed by atoms with Gasteiger partial charge in [-0.25, -0.2) is 4.98 Å². The lowest BCUT2D eigenvalue weighted by molar-refractivity contribution is 0.528. The summed E-state index contributed by atoms with van der Waals surface area (Å²) in [5.74, 6) is 1.75. The topological polar surface area (TPSA) is 51.8 Å². The van der Waals surface area contributed by atoms with E-state index in [-0.39, 0.29) is 0 Å². The minimum atomic E-state index is 0.537. The van der Waals surface area contributed by atoms with Gasteiger partial charge < -0.3 is 4.42 Å². The van der Waals surface area contributed by atoms with Crippen LogP contribution in [0.1, 0.15) is 11.5 Å². The van der Waals surface area contributed by atoms with Crippen LogP contribution in [0.5, 0.6) is 0 Å². The maximum absolute atomic E-state index is 5.67. The van der Waals surface area contributed by atoms with Crippen LogP contribution in [-0.2, 0) is 5.75 Å². The van der Waals surface area contributed by atoms with Crippen LogP contribution in [0.4, 0.5) is 0 Å². The molecule has 0 aliphatic heterocycles. The van der Waals surface area contributed by atoms with Crippen molar-refractivity contribution in [2.24, 2.45) is 0 Å². The van der Waals surface area contributed by atoms with E-state index in [0.29, 0.717) is 17.5 Å². The highest BCUT2D eigenvalue weighted by atomic mass is 79.9. The number of aryl methyl sites for hydroxylation is 1. The average Bonchev–Trinajstić information content (AvgIpc) is 2.96. The third-order valence-electron chi connectivity index (χ3n) is 2.79. The lowest BCUT2D eigenvalue weighted by Crippen LogP contribution is -1.84. The van der Waals surface area contributed by atoms with E-state index in [2.05, 4.69) is 31.1 Å². The van der Waals surface area contributed by atoms with Crippen molar-refractivity contribution in [1.29, 1.82) is 0 Å². The highest BCUT2D eigenvalue weighted by molar-refractivity contribution is 9.10. The molecule has 106 valence electrons. The molecule has 0 unspecified atom stereocenters. The smallest absolute Gasteiger partial charge is 0.247 e. The van der Waals surface area contributed by atoms with Crippen LogP contribution in [0.2, 0.25) is 0 Å². The Kier molecular flexibility index (Phi) is 4.36. The largest absolute Gasteiger partial charge is 0.420 e. The zero-order chi connectivity index (χ0) is 14.7. The standard InChI is InChI=1S/C15H12BrN3OS/c1-10-2-7-14(17-8-10)21-9-13-18-19-15(20-13)11-3-5-12(16)6-4-11/h2-8H,9H2,1H3. The van der Waals surface area contributed by atoms with E-state index >= 15 is 0 Å². The third kappa shape index (κ3) is 3.71. The van der Waals surface area contributed by atoms with Gasteiger partial charge in [-0.05, 0) is 42.8 Å². The molecule has 2 heterocycles. The Hall–Kier alpha value is -1.66. The molecule has 0 saturated heterocycles. The average molecular weight is 362 g/mol. The Balaban J connectivity index is 1.67. The maximum Gasteiger partial charge on any atom is 0.247 e. The van der Waals surface area contributed by atoms with Crippen LogP contribution in [0.25, 0.3) is 11.5 Å². The van der Waals surface area contributed by atoms with Crippen molar-refractivity contribution in [3.63, 3.8) is 0 Å². The molecule has 0 spiro atoms. The Bertz CT molecular complexity index is 725. The number of hydrogen-bond acceptors (Lipinski definition) is 5. The molecule has 0 saturated carbocycles. The van der Waals surface area contributed by atoms with Crippen LogP contribution in [0.3, 0.4) is 0 Å². The number of benzene rings is 1. The number of rotatable bonds is 4. The van der Waals surface area contributed by atoms with E-state index in [0.717, 1.165) is 20.6 Å². The summed E-state index contributed by atoms with van der Waals surface area (Å²) < 4.78 is 6.69. The zero-order valence-corrected chi connectivity index (χ0v) is 13.7. The first kappa shape index (κ1) is 14.3. The van der Waals surface area contributed by atoms with E-state index in [4.69, 9.17) is 4.42 Å². The maximum atomic E-state index is 5.67. The van der Waals surface area contributed by atoms with Gasteiger partial charge in [-0.2, -0.15) is 0 Å². The normalized spacial score (nSPS) is 10.8. The van der Waals surface area contributed by atoms with Crippen LogP contribution in [0.15, 0.2) is 56.5 Å². The van der Waals surface area contributed by atoms with Crippen LogP contribution >= 0.6 is 27.7 Å². The fourth-order valence-electron chi connectivity index (χ4n) is 1.70. The fraction of sp³-hybridized carbons (Fsp3) is 0.133. The summed E-state index contributed by atoms with van der Waals surface area (Å²) in [6.07, 6.45) is 1.85. The molecule has 6 heteroatoms. The van der Waals surface area contributed by atoms with E-state index in [1.165, 1.54) is 0 Å². The number of pyridine rings is 1. The van der Waals surface area contributed by atoms with E-state index in [9.17, 15) is 0 Å². The molecule has 2 aromatic heterocycles. The van der Waals surface area contributed by atoms with E-state index in [1.807, 2.05) is 49.5 Å². The first-order valence-corrected chi connectivity index (χ1v) is 8.12. The minimum absolute atomic E-state index is 0.537. The molecular formula is C15H12BrN3OS. The van der Waals surface area contributed by atoms with Gasteiger partial charge in [-0.15, -0.1) is 10.2 Å². The first-order valence-electron chi connectivity index (χ1n) is 6.34. The van der Waals surface area contributed by atoms with Crippen molar-refractivity contribution in [3.8, 4) is 11.5 Å². The lowest BCUT2D eigenvalue weighted by atomic mass is 10.2. The van der Waals surface area contributed by atoms with Gasteiger partial charge in [0.05, 0.1) is 10.8 Å². The molecule has 0 radical (unpaired) electrons. The summed E-state index contributed by atoms with van der Waals surface area (Å²) >= 11 is 4.98. The summed E-state index contributed by atoms with van der Waals surface area (Å²) in [6, 6.07) is 11.8. The van der Waals surface area contributed by atoms with Crippen LogP contribution in [0, 0.1) is 6.92 Å². The second-order valence-electron chi connectivity index (χ2n) is 4.47. The molecule has 4 nitrogen and oxygen atoms in total. The third-order valence-corrected chi connectivity index (χ3v) is 4.24. The Morgan fingerprint density at radius 2 is 1.90 bits per heavy atom. The molecule has 0 aliphatic rings. The summed E-state index contributed by atoms with van der Waals surface area (Å²) in [5, 5.41) is 9.10. The number of hydrogen-bond donors (Lipinski definition) is 0. The molecule has 0 N–H and O–H groups in total. The molecule has 0 bridgehead atoms. The molecule has 3 aromatic rings. The van der Waals surface area contributed by atoms with Gasteiger partial charge in [0.2, 0.25) is 11.8 Å². The van der Waals surface area contributed by atoms with Crippen molar-refractivity contribution in [2.45, 2.75) is 17.7 Å². The van der Waals surface area contributed by atoms with Gasteiger partial charge in [0.15, 0.2) is 0 Å². The van der Waals surface area contributed by atoms with Crippen molar-refractivity contribution in [1.82, 2.24) is 15.2 Å². The predicted molar refractivity (Wildman–Crippen MR) is 86.0 cm³/mol. The zero-order valence-electron chi connectivity index (χ0n) is 11.3. The number of halogens is 1. The predicted octanol–water partition coefficient (Wildman–Crippen LogP) is 4.49.